The lowest BCUT2D eigenvalue weighted by Gasteiger charge is -2.22. The summed E-state index contributed by atoms with van der Waals surface area (Å²) in [7, 11) is 0. The van der Waals surface area contributed by atoms with Gasteiger partial charge in [0.2, 0.25) is 0 Å². The summed E-state index contributed by atoms with van der Waals surface area (Å²) in [4.78, 5) is 12.0. The smallest absolute Gasteiger partial charge is 0.252 e. The van der Waals surface area contributed by atoms with Crippen molar-refractivity contribution in [1.82, 2.24) is 10.6 Å². The topological polar surface area (TPSA) is 41.1 Å². The van der Waals surface area contributed by atoms with Crippen molar-refractivity contribution < 1.29 is 4.79 Å². The van der Waals surface area contributed by atoms with Crippen molar-refractivity contribution >= 4 is 29.9 Å². The number of nitrogens with one attached hydrogen (secondary N) is 2. The van der Waals surface area contributed by atoms with E-state index < -0.39 is 0 Å². The first-order valence-electron chi connectivity index (χ1n) is 6.92. The Kier molecular flexibility index (Phi) is 7.35. The number of amides is 1. The molecule has 1 heterocycles. The number of hydrogen-bond donors (Lipinski definition) is 2. The first-order chi connectivity index (χ1) is 9.16. The molecule has 2 N–H and O–H groups in total. The zero-order chi connectivity index (χ0) is 13.7. The van der Waals surface area contributed by atoms with Gasteiger partial charge in [-0.1, -0.05) is 17.7 Å². The van der Waals surface area contributed by atoms with Gasteiger partial charge in [-0.25, -0.2) is 0 Å². The minimum absolute atomic E-state index is 0. The van der Waals surface area contributed by atoms with E-state index in [2.05, 4.69) is 10.6 Å². The molecule has 1 fully saturated rings. The standard InChI is InChI=1S/C15H21ClN2O.ClH/c1-11-4-5-13(14(16)9-11)15(19)18-8-6-12-3-2-7-17-10-12;/h4-5,9,12,17H,2-3,6-8,10H2,1H3,(H,18,19);1H. The Morgan fingerprint density at radius 2 is 2.30 bits per heavy atom. The number of carbonyl (C=O) groups excluding carboxylic acids is 1. The highest BCUT2D eigenvalue weighted by atomic mass is 35.5. The molecule has 112 valence electrons. The van der Waals surface area contributed by atoms with Gasteiger partial charge in [0.05, 0.1) is 10.6 Å². The van der Waals surface area contributed by atoms with Gasteiger partial charge in [0.25, 0.3) is 5.91 Å². The van der Waals surface area contributed by atoms with Crippen molar-refractivity contribution in [2.75, 3.05) is 19.6 Å². The molecule has 1 saturated heterocycles. The highest BCUT2D eigenvalue weighted by molar-refractivity contribution is 6.33. The van der Waals surface area contributed by atoms with Crippen LogP contribution < -0.4 is 10.6 Å². The SMILES string of the molecule is Cc1ccc(C(=O)NCCC2CCCNC2)c(Cl)c1.Cl. The highest BCUT2D eigenvalue weighted by Crippen LogP contribution is 2.18. The van der Waals surface area contributed by atoms with Gasteiger partial charge < -0.3 is 10.6 Å². The molecule has 1 aliphatic rings. The molecule has 0 aliphatic carbocycles. The van der Waals surface area contributed by atoms with Crippen LogP contribution in [0.25, 0.3) is 0 Å². The molecule has 0 bridgehead atoms. The van der Waals surface area contributed by atoms with Crippen molar-refractivity contribution in [3.8, 4) is 0 Å². The summed E-state index contributed by atoms with van der Waals surface area (Å²) >= 11 is 6.08. The first-order valence-corrected chi connectivity index (χ1v) is 7.29. The Morgan fingerprint density at radius 3 is 2.95 bits per heavy atom. The maximum absolute atomic E-state index is 12.0. The molecule has 1 aliphatic heterocycles. The number of rotatable bonds is 4. The van der Waals surface area contributed by atoms with E-state index in [9.17, 15) is 4.79 Å². The normalized spacial score (nSPS) is 18.2. The number of hydrogen-bond acceptors (Lipinski definition) is 2. The molecule has 5 heteroatoms. The molecule has 1 atom stereocenters. The number of benzene rings is 1. The van der Waals surface area contributed by atoms with E-state index in [1.807, 2.05) is 19.1 Å². The van der Waals surface area contributed by atoms with Gasteiger partial charge in [-0.3, -0.25) is 4.79 Å². The predicted molar refractivity (Wildman–Crippen MR) is 86.0 cm³/mol. The molecular formula is C15H22Cl2N2O. The molecule has 20 heavy (non-hydrogen) atoms. The number of piperidine rings is 1. The Bertz CT molecular complexity index is 445. The van der Waals surface area contributed by atoms with Gasteiger partial charge in [-0.05, 0) is 62.9 Å². The van der Waals surface area contributed by atoms with Crippen LogP contribution in [0.5, 0.6) is 0 Å². The van der Waals surface area contributed by atoms with Crippen molar-refractivity contribution in [3.63, 3.8) is 0 Å². The van der Waals surface area contributed by atoms with Gasteiger partial charge in [-0.15, -0.1) is 12.4 Å². The Balaban J connectivity index is 0.00000200. The second kappa shape index (κ2) is 8.50. The number of aryl methyl sites for hydroxylation is 1. The molecule has 0 saturated carbocycles. The minimum Gasteiger partial charge on any atom is -0.352 e. The third-order valence-corrected chi connectivity index (χ3v) is 3.92. The molecule has 0 radical (unpaired) electrons. The molecular weight excluding hydrogens is 295 g/mol. The average molecular weight is 317 g/mol. The Hall–Kier alpha value is -0.770. The van der Waals surface area contributed by atoms with Crippen LogP contribution in [-0.4, -0.2) is 25.5 Å². The van der Waals surface area contributed by atoms with Gasteiger partial charge in [0.15, 0.2) is 0 Å². The number of halogens is 2. The van der Waals surface area contributed by atoms with E-state index in [1.54, 1.807) is 6.07 Å². The Labute approximate surface area is 131 Å². The van der Waals surface area contributed by atoms with Gasteiger partial charge in [-0.2, -0.15) is 0 Å². The lowest BCUT2D eigenvalue weighted by Crippen LogP contribution is -2.33. The molecule has 3 nitrogen and oxygen atoms in total. The lowest BCUT2D eigenvalue weighted by molar-refractivity contribution is 0.0951. The fourth-order valence-electron chi connectivity index (χ4n) is 2.46. The van der Waals surface area contributed by atoms with Crippen LogP contribution >= 0.6 is 24.0 Å². The van der Waals surface area contributed by atoms with E-state index in [4.69, 9.17) is 11.6 Å². The fourth-order valence-corrected chi connectivity index (χ4v) is 2.78. The van der Waals surface area contributed by atoms with Crippen molar-refractivity contribution in [3.05, 3.63) is 34.3 Å². The van der Waals surface area contributed by atoms with Crippen LogP contribution in [0, 0.1) is 12.8 Å². The van der Waals surface area contributed by atoms with Crippen molar-refractivity contribution in [2.24, 2.45) is 5.92 Å². The van der Waals surface area contributed by atoms with Crippen LogP contribution in [0.2, 0.25) is 5.02 Å². The Morgan fingerprint density at radius 1 is 1.50 bits per heavy atom. The molecule has 1 amide bonds. The molecule has 1 aromatic rings. The van der Waals surface area contributed by atoms with Crippen molar-refractivity contribution in [2.45, 2.75) is 26.2 Å². The zero-order valence-corrected chi connectivity index (χ0v) is 13.3. The third kappa shape index (κ3) is 4.97. The summed E-state index contributed by atoms with van der Waals surface area (Å²) in [6, 6.07) is 5.52. The maximum Gasteiger partial charge on any atom is 0.252 e. The van der Waals surface area contributed by atoms with E-state index in [0.29, 0.717) is 16.5 Å². The van der Waals surface area contributed by atoms with E-state index >= 15 is 0 Å². The van der Waals surface area contributed by atoms with E-state index in [1.165, 1.54) is 12.8 Å². The van der Waals surface area contributed by atoms with Crippen molar-refractivity contribution in [1.29, 1.82) is 0 Å². The van der Waals surface area contributed by atoms with Gasteiger partial charge in [0, 0.05) is 6.54 Å². The molecule has 0 spiro atoms. The van der Waals surface area contributed by atoms with Crippen LogP contribution in [0.3, 0.4) is 0 Å². The van der Waals surface area contributed by atoms with Crippen LogP contribution in [0.15, 0.2) is 18.2 Å². The fraction of sp³-hybridized carbons (Fsp3) is 0.533. The summed E-state index contributed by atoms with van der Waals surface area (Å²) in [5.74, 6) is 0.608. The predicted octanol–water partition coefficient (Wildman–Crippen LogP) is 3.19. The van der Waals surface area contributed by atoms with E-state index in [-0.39, 0.29) is 18.3 Å². The summed E-state index contributed by atoms with van der Waals surface area (Å²) in [6.07, 6.45) is 3.53. The lowest BCUT2D eigenvalue weighted by atomic mass is 9.96. The van der Waals surface area contributed by atoms with Gasteiger partial charge >= 0.3 is 0 Å². The minimum atomic E-state index is -0.0752. The largest absolute Gasteiger partial charge is 0.352 e. The summed E-state index contributed by atoms with van der Waals surface area (Å²) in [5.41, 5.74) is 1.63. The monoisotopic (exact) mass is 316 g/mol. The average Bonchev–Trinajstić information content (AvgIpc) is 2.39. The second-order valence-electron chi connectivity index (χ2n) is 5.24. The molecule has 1 aromatic carbocycles. The molecule has 0 aromatic heterocycles. The quantitative estimate of drug-likeness (QED) is 0.895. The molecule has 2 rings (SSSR count). The van der Waals surface area contributed by atoms with Crippen LogP contribution in [0.1, 0.15) is 35.2 Å². The van der Waals surface area contributed by atoms with Gasteiger partial charge in [0.1, 0.15) is 0 Å². The summed E-state index contributed by atoms with van der Waals surface area (Å²) in [6.45, 7) is 4.88. The molecule has 1 unspecified atom stereocenters. The van der Waals surface area contributed by atoms with Crippen LogP contribution in [-0.2, 0) is 0 Å². The third-order valence-electron chi connectivity index (χ3n) is 3.61. The second-order valence-corrected chi connectivity index (χ2v) is 5.65. The number of carbonyl (C=O) groups is 1. The highest BCUT2D eigenvalue weighted by Gasteiger charge is 2.14. The maximum atomic E-state index is 12.0. The summed E-state index contributed by atoms with van der Waals surface area (Å²) in [5, 5.41) is 6.87. The van der Waals surface area contributed by atoms with E-state index in [0.717, 1.165) is 31.6 Å². The van der Waals surface area contributed by atoms with Crippen LogP contribution in [0.4, 0.5) is 0 Å². The first kappa shape index (κ1) is 17.3. The summed E-state index contributed by atoms with van der Waals surface area (Å²) < 4.78 is 0. The zero-order valence-electron chi connectivity index (χ0n) is 11.7.